The summed E-state index contributed by atoms with van der Waals surface area (Å²) in [4.78, 5) is 43.4. The predicted molar refractivity (Wildman–Crippen MR) is 129 cm³/mol. The lowest BCUT2D eigenvalue weighted by Gasteiger charge is -2.46. The predicted octanol–water partition coefficient (Wildman–Crippen LogP) is 2.77. The molecule has 3 aromatic heterocycles. The number of hydrogen-bond acceptors (Lipinski definition) is 6. The quantitative estimate of drug-likeness (QED) is 0.568. The zero-order valence-corrected chi connectivity index (χ0v) is 19.7. The summed E-state index contributed by atoms with van der Waals surface area (Å²) in [5, 5.41) is 3.14. The summed E-state index contributed by atoms with van der Waals surface area (Å²) in [6, 6.07) is 9.50. The third-order valence-electron chi connectivity index (χ3n) is 6.93. The van der Waals surface area contributed by atoms with Crippen molar-refractivity contribution in [2.24, 2.45) is 0 Å². The average Bonchev–Trinajstić information content (AvgIpc) is 3.42. The lowest BCUT2D eigenvalue weighted by atomic mass is 9.82. The minimum absolute atomic E-state index is 0.0156. The van der Waals surface area contributed by atoms with E-state index in [1.54, 1.807) is 18.6 Å². The van der Waals surface area contributed by atoms with Gasteiger partial charge in [-0.25, -0.2) is 9.97 Å². The second-order valence-corrected chi connectivity index (χ2v) is 9.28. The number of piperidine rings is 1. The van der Waals surface area contributed by atoms with Gasteiger partial charge in [0, 0.05) is 62.6 Å². The SMILES string of the molecule is O=C(NC1CCOC2(CCN(C(=O)CCc3ccc[nH]3)CC2)C1)c1cnc(-c2ccccn2)nc1. The molecule has 2 N–H and O–H groups in total. The van der Waals surface area contributed by atoms with Crippen LogP contribution < -0.4 is 5.32 Å². The molecule has 1 spiro atoms. The minimum atomic E-state index is -0.286. The minimum Gasteiger partial charge on any atom is -0.375 e. The summed E-state index contributed by atoms with van der Waals surface area (Å²) < 4.78 is 6.21. The van der Waals surface area contributed by atoms with Crippen molar-refractivity contribution in [3.05, 3.63) is 66.4 Å². The summed E-state index contributed by atoms with van der Waals surface area (Å²) in [7, 11) is 0. The number of carbonyl (C=O) groups is 2. The van der Waals surface area contributed by atoms with Crippen molar-refractivity contribution in [1.82, 2.24) is 30.2 Å². The number of H-pyrrole nitrogens is 1. The highest BCUT2D eigenvalue weighted by molar-refractivity contribution is 5.93. The van der Waals surface area contributed by atoms with Crippen molar-refractivity contribution >= 4 is 11.8 Å². The van der Waals surface area contributed by atoms with Gasteiger partial charge in [-0.2, -0.15) is 0 Å². The van der Waals surface area contributed by atoms with Crippen LogP contribution in [0.15, 0.2) is 55.1 Å². The molecule has 0 saturated carbocycles. The van der Waals surface area contributed by atoms with E-state index in [1.165, 1.54) is 0 Å². The molecule has 182 valence electrons. The largest absolute Gasteiger partial charge is 0.375 e. The summed E-state index contributed by atoms with van der Waals surface area (Å²) >= 11 is 0. The third-order valence-corrected chi connectivity index (χ3v) is 6.93. The molecule has 3 aromatic rings. The summed E-state index contributed by atoms with van der Waals surface area (Å²) in [5.41, 5.74) is 1.89. The second kappa shape index (κ2) is 10.4. The van der Waals surface area contributed by atoms with Gasteiger partial charge in [0.15, 0.2) is 5.82 Å². The monoisotopic (exact) mass is 474 g/mol. The van der Waals surface area contributed by atoms with E-state index in [1.807, 2.05) is 41.4 Å². The van der Waals surface area contributed by atoms with Crippen molar-refractivity contribution in [1.29, 1.82) is 0 Å². The Kier molecular flexibility index (Phi) is 6.85. The van der Waals surface area contributed by atoms with Gasteiger partial charge in [-0.15, -0.1) is 0 Å². The molecule has 0 bridgehead atoms. The number of aromatic nitrogens is 4. The number of nitrogens with one attached hydrogen (secondary N) is 2. The zero-order valence-electron chi connectivity index (χ0n) is 19.7. The summed E-state index contributed by atoms with van der Waals surface area (Å²) in [6.45, 7) is 1.97. The highest BCUT2D eigenvalue weighted by Gasteiger charge is 2.41. The lowest BCUT2D eigenvalue weighted by Crippen LogP contribution is -2.54. The normalized spacial score (nSPS) is 19.4. The Hall–Kier alpha value is -3.59. The van der Waals surface area contributed by atoms with Gasteiger partial charge in [-0.3, -0.25) is 14.6 Å². The molecule has 5 rings (SSSR count). The van der Waals surface area contributed by atoms with Crippen LogP contribution in [0.4, 0.5) is 0 Å². The maximum absolute atomic E-state index is 12.8. The number of nitrogens with zero attached hydrogens (tertiary/aromatic N) is 4. The fraction of sp³-hybridized carbons (Fsp3) is 0.423. The molecule has 9 nitrogen and oxygen atoms in total. The van der Waals surface area contributed by atoms with Crippen molar-refractivity contribution in [2.75, 3.05) is 19.7 Å². The van der Waals surface area contributed by atoms with Crippen LogP contribution in [0.5, 0.6) is 0 Å². The van der Waals surface area contributed by atoms with E-state index >= 15 is 0 Å². The highest BCUT2D eigenvalue weighted by atomic mass is 16.5. The van der Waals surface area contributed by atoms with Gasteiger partial charge in [0.25, 0.3) is 5.91 Å². The Morgan fingerprint density at radius 2 is 1.94 bits per heavy atom. The molecule has 9 heteroatoms. The molecule has 0 radical (unpaired) electrons. The molecule has 0 aliphatic carbocycles. The van der Waals surface area contributed by atoms with Crippen LogP contribution in [0.25, 0.3) is 11.5 Å². The van der Waals surface area contributed by atoms with E-state index in [0.29, 0.717) is 43.2 Å². The zero-order chi connectivity index (χ0) is 24.1. The van der Waals surface area contributed by atoms with Crippen LogP contribution in [0, 0.1) is 0 Å². The Morgan fingerprint density at radius 1 is 1.11 bits per heavy atom. The van der Waals surface area contributed by atoms with Crippen LogP contribution in [0.3, 0.4) is 0 Å². The van der Waals surface area contributed by atoms with E-state index in [2.05, 4.69) is 25.3 Å². The van der Waals surface area contributed by atoms with Crippen molar-refractivity contribution in [3.63, 3.8) is 0 Å². The fourth-order valence-electron chi connectivity index (χ4n) is 4.93. The second-order valence-electron chi connectivity index (χ2n) is 9.28. The van der Waals surface area contributed by atoms with E-state index in [4.69, 9.17) is 4.74 Å². The molecule has 5 heterocycles. The molecular formula is C26H30N6O3. The molecule has 0 aromatic carbocycles. The molecule has 2 saturated heterocycles. The highest BCUT2D eigenvalue weighted by Crippen LogP contribution is 2.35. The van der Waals surface area contributed by atoms with Gasteiger partial charge in [-0.05, 0) is 56.4 Å². The van der Waals surface area contributed by atoms with Crippen molar-refractivity contribution < 1.29 is 14.3 Å². The number of amides is 2. The van der Waals surface area contributed by atoms with Crippen molar-refractivity contribution in [2.45, 2.75) is 50.2 Å². The van der Waals surface area contributed by atoms with Crippen LogP contribution in [-0.2, 0) is 16.0 Å². The number of likely N-dealkylation sites (tertiary alicyclic amines) is 1. The third kappa shape index (κ3) is 5.57. The van der Waals surface area contributed by atoms with Gasteiger partial charge in [0.2, 0.25) is 5.91 Å². The van der Waals surface area contributed by atoms with Crippen molar-refractivity contribution in [3.8, 4) is 11.5 Å². The average molecular weight is 475 g/mol. The Labute approximate surface area is 204 Å². The molecule has 2 amide bonds. The van der Waals surface area contributed by atoms with E-state index in [0.717, 1.165) is 37.8 Å². The number of ether oxygens (including phenoxy) is 1. The van der Waals surface area contributed by atoms with Gasteiger partial charge in [0.1, 0.15) is 5.69 Å². The molecule has 2 fully saturated rings. The van der Waals surface area contributed by atoms with Crippen LogP contribution in [0.1, 0.15) is 48.2 Å². The maximum atomic E-state index is 12.8. The Balaban J connectivity index is 1.12. The first-order valence-electron chi connectivity index (χ1n) is 12.2. The van der Waals surface area contributed by atoms with Gasteiger partial charge >= 0.3 is 0 Å². The smallest absolute Gasteiger partial charge is 0.254 e. The number of hydrogen-bond donors (Lipinski definition) is 2. The fourth-order valence-corrected chi connectivity index (χ4v) is 4.93. The van der Waals surface area contributed by atoms with Gasteiger partial charge < -0.3 is 19.9 Å². The topological polar surface area (TPSA) is 113 Å². The van der Waals surface area contributed by atoms with E-state index in [9.17, 15) is 9.59 Å². The first-order valence-corrected chi connectivity index (χ1v) is 12.2. The van der Waals surface area contributed by atoms with Crippen LogP contribution in [0.2, 0.25) is 0 Å². The molecule has 1 unspecified atom stereocenters. The van der Waals surface area contributed by atoms with Crippen LogP contribution >= 0.6 is 0 Å². The van der Waals surface area contributed by atoms with Gasteiger partial charge in [0.05, 0.1) is 11.2 Å². The Bertz CT molecular complexity index is 1130. The number of pyridine rings is 1. The lowest BCUT2D eigenvalue weighted by molar-refractivity contribution is -0.144. The molecular weight excluding hydrogens is 444 g/mol. The first-order chi connectivity index (χ1) is 17.1. The standard InChI is InChI=1S/C26H30N6O3/c33-23(7-6-20-4-3-12-27-20)32-13-9-26(10-14-32)16-21(8-15-35-26)31-25(34)19-17-29-24(30-18-19)22-5-1-2-11-28-22/h1-5,11-12,17-18,21,27H,6-10,13-16H2,(H,31,34). The summed E-state index contributed by atoms with van der Waals surface area (Å²) in [6.07, 6.45) is 11.0. The van der Waals surface area contributed by atoms with E-state index < -0.39 is 0 Å². The first kappa shape index (κ1) is 23.2. The number of rotatable bonds is 6. The summed E-state index contributed by atoms with van der Waals surface area (Å²) in [5.74, 6) is 0.488. The molecule has 2 aliphatic heterocycles. The van der Waals surface area contributed by atoms with E-state index in [-0.39, 0.29) is 23.5 Å². The van der Waals surface area contributed by atoms with Crippen LogP contribution in [-0.4, -0.2) is 68.0 Å². The molecule has 2 aliphatic rings. The van der Waals surface area contributed by atoms with Gasteiger partial charge in [-0.1, -0.05) is 6.07 Å². The maximum Gasteiger partial charge on any atom is 0.254 e. The number of aromatic amines is 1. The number of aryl methyl sites for hydroxylation is 1. The Morgan fingerprint density at radius 3 is 2.66 bits per heavy atom. The molecule has 1 atom stereocenters. The number of carbonyl (C=O) groups excluding carboxylic acids is 2. The molecule has 35 heavy (non-hydrogen) atoms.